The largest absolute Gasteiger partial charge is 0.336 e. The van der Waals surface area contributed by atoms with Crippen molar-refractivity contribution in [1.29, 1.82) is 0 Å². The highest BCUT2D eigenvalue weighted by atomic mass is 79.9. The molecule has 2 nitrogen and oxygen atoms in total. The van der Waals surface area contributed by atoms with Crippen LogP contribution in [-0.4, -0.2) is 27.7 Å². The zero-order valence-electron chi connectivity index (χ0n) is 9.47. The van der Waals surface area contributed by atoms with Crippen LogP contribution in [0.15, 0.2) is 0 Å². The van der Waals surface area contributed by atoms with Crippen LogP contribution >= 0.6 is 15.9 Å². The molecule has 15 heavy (non-hydrogen) atoms. The fraction of sp³-hybridized carbons (Fsp3) is 0.917. The van der Waals surface area contributed by atoms with Gasteiger partial charge in [0.05, 0.1) is 4.83 Å². The van der Waals surface area contributed by atoms with Crippen molar-refractivity contribution in [2.24, 2.45) is 0 Å². The lowest BCUT2D eigenvalue weighted by Gasteiger charge is -2.39. The first kappa shape index (κ1) is 11.4. The number of likely N-dealkylation sites (tertiary alicyclic amines) is 1. The third-order valence-electron chi connectivity index (χ3n) is 3.96. The highest BCUT2D eigenvalue weighted by Gasteiger charge is 2.45. The summed E-state index contributed by atoms with van der Waals surface area (Å²) in [6.45, 7) is 3.20. The highest BCUT2D eigenvalue weighted by molar-refractivity contribution is 9.10. The molecule has 1 amide bonds. The molecule has 1 saturated carbocycles. The number of rotatable bonds is 3. The van der Waals surface area contributed by atoms with Crippen LogP contribution in [0.5, 0.6) is 0 Å². The van der Waals surface area contributed by atoms with Gasteiger partial charge < -0.3 is 4.90 Å². The van der Waals surface area contributed by atoms with Crippen molar-refractivity contribution in [3.8, 4) is 0 Å². The fourth-order valence-electron chi connectivity index (χ4n) is 3.27. The molecule has 1 saturated heterocycles. The normalized spacial score (nSPS) is 30.1. The van der Waals surface area contributed by atoms with E-state index in [1.165, 1.54) is 38.5 Å². The van der Waals surface area contributed by atoms with E-state index in [9.17, 15) is 4.79 Å². The molecule has 0 spiro atoms. The van der Waals surface area contributed by atoms with Gasteiger partial charge in [0.25, 0.3) is 0 Å². The van der Waals surface area contributed by atoms with Crippen LogP contribution in [0.4, 0.5) is 0 Å². The maximum Gasteiger partial charge on any atom is 0.236 e. The second kappa shape index (κ2) is 4.44. The van der Waals surface area contributed by atoms with Crippen LogP contribution in [0.1, 0.15) is 51.9 Å². The molecule has 2 aliphatic rings. The Morgan fingerprint density at radius 1 is 1.47 bits per heavy atom. The van der Waals surface area contributed by atoms with Crippen molar-refractivity contribution in [3.05, 3.63) is 0 Å². The van der Waals surface area contributed by atoms with E-state index in [-0.39, 0.29) is 10.4 Å². The number of carbonyl (C=O) groups excluding carboxylic acids is 1. The zero-order chi connectivity index (χ0) is 10.9. The molecule has 2 rings (SSSR count). The van der Waals surface area contributed by atoms with Gasteiger partial charge in [0.2, 0.25) is 5.91 Å². The molecular weight excluding hydrogens is 254 g/mol. The molecule has 1 unspecified atom stereocenters. The molecule has 86 valence electrons. The number of alkyl halides is 1. The van der Waals surface area contributed by atoms with E-state index >= 15 is 0 Å². The molecule has 2 fully saturated rings. The van der Waals surface area contributed by atoms with Gasteiger partial charge in [-0.15, -0.1) is 0 Å². The number of hydrogen-bond acceptors (Lipinski definition) is 1. The molecule has 1 aliphatic heterocycles. The van der Waals surface area contributed by atoms with Crippen molar-refractivity contribution in [2.75, 3.05) is 6.54 Å². The maximum atomic E-state index is 12.1. The van der Waals surface area contributed by atoms with E-state index in [2.05, 4.69) is 27.8 Å². The molecule has 0 aromatic carbocycles. The highest BCUT2D eigenvalue weighted by Crippen LogP contribution is 2.41. The zero-order valence-corrected chi connectivity index (χ0v) is 11.1. The van der Waals surface area contributed by atoms with Crippen LogP contribution in [-0.2, 0) is 4.79 Å². The second-order valence-electron chi connectivity index (χ2n) is 4.93. The lowest BCUT2D eigenvalue weighted by Crippen LogP contribution is -2.48. The summed E-state index contributed by atoms with van der Waals surface area (Å²) in [6.07, 6.45) is 8.44. The molecule has 3 heteroatoms. The molecule has 0 radical (unpaired) electrons. The standard InChI is InChI=1S/C12H20BrNO/c1-2-6-12(7-3-4-8-12)14-9-5-10(13)11(14)15/h10H,2-9H2,1H3. The first-order valence-electron chi connectivity index (χ1n) is 6.15. The van der Waals surface area contributed by atoms with Gasteiger partial charge in [-0.25, -0.2) is 0 Å². The molecule has 0 aromatic heterocycles. The summed E-state index contributed by atoms with van der Waals surface area (Å²) in [5, 5.41) is 0. The Balaban J connectivity index is 2.14. The third-order valence-corrected chi connectivity index (χ3v) is 4.81. The molecule has 0 bridgehead atoms. The fourth-order valence-corrected chi connectivity index (χ4v) is 3.72. The Labute approximate surface area is 101 Å². The summed E-state index contributed by atoms with van der Waals surface area (Å²) in [5.74, 6) is 0.338. The molecule has 0 aromatic rings. The predicted molar refractivity (Wildman–Crippen MR) is 65.2 cm³/mol. The van der Waals surface area contributed by atoms with Gasteiger partial charge >= 0.3 is 0 Å². The minimum Gasteiger partial charge on any atom is -0.336 e. The molecule has 1 atom stereocenters. The average Bonchev–Trinajstić information content (AvgIpc) is 2.78. The van der Waals surface area contributed by atoms with Crippen molar-refractivity contribution in [3.63, 3.8) is 0 Å². The van der Waals surface area contributed by atoms with Crippen LogP contribution in [0.25, 0.3) is 0 Å². The van der Waals surface area contributed by atoms with E-state index in [1.54, 1.807) is 0 Å². The van der Waals surface area contributed by atoms with Gasteiger partial charge in [0.1, 0.15) is 0 Å². The van der Waals surface area contributed by atoms with Crippen molar-refractivity contribution < 1.29 is 4.79 Å². The van der Waals surface area contributed by atoms with Crippen molar-refractivity contribution in [2.45, 2.75) is 62.2 Å². The average molecular weight is 274 g/mol. The van der Waals surface area contributed by atoms with Crippen LogP contribution < -0.4 is 0 Å². The third kappa shape index (κ3) is 1.95. The number of hydrogen-bond donors (Lipinski definition) is 0. The molecule has 1 heterocycles. The van der Waals surface area contributed by atoms with E-state index in [0.717, 1.165) is 13.0 Å². The first-order chi connectivity index (χ1) is 7.19. The maximum absolute atomic E-state index is 12.1. The van der Waals surface area contributed by atoms with Crippen LogP contribution in [0.3, 0.4) is 0 Å². The van der Waals surface area contributed by atoms with Gasteiger partial charge in [0.15, 0.2) is 0 Å². The smallest absolute Gasteiger partial charge is 0.236 e. The number of halogens is 1. The number of carbonyl (C=O) groups is 1. The van der Waals surface area contributed by atoms with Gasteiger partial charge in [-0.2, -0.15) is 0 Å². The van der Waals surface area contributed by atoms with E-state index < -0.39 is 0 Å². The predicted octanol–water partition coefficient (Wildman–Crippen LogP) is 3.10. The molecule has 0 N–H and O–H groups in total. The Bertz CT molecular complexity index is 248. The minimum atomic E-state index is 0.0897. The van der Waals surface area contributed by atoms with Crippen molar-refractivity contribution >= 4 is 21.8 Å². The van der Waals surface area contributed by atoms with E-state index in [1.807, 2.05) is 0 Å². The number of nitrogens with zero attached hydrogens (tertiary/aromatic N) is 1. The quantitative estimate of drug-likeness (QED) is 0.724. The lowest BCUT2D eigenvalue weighted by molar-refractivity contribution is -0.133. The Hall–Kier alpha value is -0.0500. The molecule has 1 aliphatic carbocycles. The first-order valence-corrected chi connectivity index (χ1v) is 7.07. The van der Waals surface area contributed by atoms with Gasteiger partial charge in [-0.1, -0.05) is 42.1 Å². The molecular formula is C12H20BrNO. The Morgan fingerprint density at radius 3 is 2.60 bits per heavy atom. The van der Waals surface area contributed by atoms with E-state index in [4.69, 9.17) is 0 Å². The van der Waals surface area contributed by atoms with Crippen molar-refractivity contribution in [1.82, 2.24) is 4.90 Å². The van der Waals surface area contributed by atoms with Gasteiger partial charge in [0, 0.05) is 12.1 Å². The lowest BCUT2D eigenvalue weighted by atomic mass is 9.90. The topological polar surface area (TPSA) is 20.3 Å². The summed E-state index contributed by atoms with van der Waals surface area (Å²) in [7, 11) is 0. The second-order valence-corrected chi connectivity index (χ2v) is 6.03. The SMILES string of the molecule is CCCC1(N2CCC(Br)C2=O)CCCC1. The van der Waals surface area contributed by atoms with Crippen LogP contribution in [0, 0.1) is 0 Å². The Morgan fingerprint density at radius 2 is 2.13 bits per heavy atom. The summed E-state index contributed by atoms with van der Waals surface area (Å²) in [4.78, 5) is 14.3. The summed E-state index contributed by atoms with van der Waals surface area (Å²) < 4.78 is 0. The van der Waals surface area contributed by atoms with Gasteiger partial charge in [-0.3, -0.25) is 4.79 Å². The summed E-state index contributed by atoms with van der Waals surface area (Å²) in [6, 6.07) is 0. The number of amides is 1. The van der Waals surface area contributed by atoms with E-state index in [0.29, 0.717) is 5.91 Å². The summed E-state index contributed by atoms with van der Waals surface area (Å²) >= 11 is 3.48. The monoisotopic (exact) mass is 273 g/mol. The Kier molecular flexibility index (Phi) is 3.39. The van der Waals surface area contributed by atoms with Gasteiger partial charge in [-0.05, 0) is 25.7 Å². The van der Waals surface area contributed by atoms with Crippen LogP contribution in [0.2, 0.25) is 0 Å². The summed E-state index contributed by atoms with van der Waals surface area (Å²) in [5.41, 5.74) is 0.231. The minimum absolute atomic E-state index is 0.0897.